The van der Waals surface area contributed by atoms with Gasteiger partial charge in [-0.2, -0.15) is 0 Å². The third-order valence-electron chi connectivity index (χ3n) is 2.96. The van der Waals surface area contributed by atoms with Crippen LogP contribution in [0.25, 0.3) is 16.7 Å². The second kappa shape index (κ2) is 5.14. The van der Waals surface area contributed by atoms with Gasteiger partial charge in [0.1, 0.15) is 11.3 Å². The summed E-state index contributed by atoms with van der Waals surface area (Å²) in [4.78, 5) is 4.25. The molecule has 3 aromatic rings. The van der Waals surface area contributed by atoms with Gasteiger partial charge < -0.3 is 0 Å². The van der Waals surface area contributed by atoms with E-state index in [0.29, 0.717) is 17.0 Å². The first-order valence-corrected chi connectivity index (χ1v) is 7.12. The molecule has 0 saturated heterocycles. The van der Waals surface area contributed by atoms with Crippen molar-refractivity contribution >= 4 is 38.6 Å². The van der Waals surface area contributed by atoms with Gasteiger partial charge in [0.15, 0.2) is 11.6 Å². The minimum Gasteiger partial charge on any atom is -0.292 e. The molecule has 0 aliphatic carbocycles. The Morgan fingerprint density at radius 3 is 2.70 bits per heavy atom. The van der Waals surface area contributed by atoms with Crippen molar-refractivity contribution in [2.75, 3.05) is 0 Å². The predicted molar refractivity (Wildman–Crippen MR) is 78.2 cm³/mol. The van der Waals surface area contributed by atoms with Crippen LogP contribution in [0.5, 0.6) is 0 Å². The van der Waals surface area contributed by atoms with Crippen molar-refractivity contribution in [2.24, 2.45) is 0 Å². The molecule has 0 unspecified atom stereocenters. The normalized spacial score (nSPS) is 11.2. The van der Waals surface area contributed by atoms with E-state index >= 15 is 0 Å². The van der Waals surface area contributed by atoms with Crippen molar-refractivity contribution in [3.8, 4) is 5.69 Å². The van der Waals surface area contributed by atoms with E-state index in [4.69, 9.17) is 11.6 Å². The Balaban J connectivity index is 2.41. The zero-order valence-electron chi connectivity index (χ0n) is 10.1. The van der Waals surface area contributed by atoms with E-state index in [9.17, 15) is 8.78 Å². The molecule has 0 N–H and O–H groups in total. The molecule has 0 fully saturated rings. The van der Waals surface area contributed by atoms with Crippen molar-refractivity contribution in [2.45, 2.75) is 5.88 Å². The maximum absolute atomic E-state index is 14.1. The first-order valence-electron chi connectivity index (χ1n) is 5.79. The number of benzene rings is 2. The first kappa shape index (κ1) is 13.5. The van der Waals surface area contributed by atoms with E-state index in [2.05, 4.69) is 20.9 Å². The number of aromatic nitrogens is 2. The highest BCUT2D eigenvalue weighted by Gasteiger charge is 2.18. The van der Waals surface area contributed by atoms with Crippen LogP contribution in [0.15, 0.2) is 40.9 Å². The first-order chi connectivity index (χ1) is 9.61. The van der Waals surface area contributed by atoms with Crippen LogP contribution in [0.4, 0.5) is 8.78 Å². The van der Waals surface area contributed by atoms with Crippen molar-refractivity contribution in [1.82, 2.24) is 9.55 Å². The lowest BCUT2D eigenvalue weighted by Crippen LogP contribution is -2.01. The molecule has 0 bridgehead atoms. The van der Waals surface area contributed by atoms with Crippen LogP contribution in [0.2, 0.25) is 0 Å². The monoisotopic (exact) mass is 356 g/mol. The van der Waals surface area contributed by atoms with E-state index in [1.165, 1.54) is 10.6 Å². The van der Waals surface area contributed by atoms with Gasteiger partial charge in [-0.05, 0) is 30.3 Å². The molecular formula is C14H8BrClF2N2. The summed E-state index contributed by atoms with van der Waals surface area (Å²) in [5.41, 5.74) is 1.14. The average molecular weight is 358 g/mol. The number of alkyl halides is 1. The highest BCUT2D eigenvalue weighted by molar-refractivity contribution is 9.10. The molecule has 0 radical (unpaired) electrons. The Morgan fingerprint density at radius 1 is 1.20 bits per heavy atom. The molecule has 0 aliphatic rings. The van der Waals surface area contributed by atoms with Crippen LogP contribution in [0.3, 0.4) is 0 Å². The molecule has 1 aromatic heterocycles. The molecule has 6 heteroatoms. The van der Waals surface area contributed by atoms with E-state index < -0.39 is 11.6 Å². The van der Waals surface area contributed by atoms with E-state index in [1.807, 2.05) is 6.07 Å². The van der Waals surface area contributed by atoms with E-state index in [-0.39, 0.29) is 11.4 Å². The molecule has 102 valence electrons. The van der Waals surface area contributed by atoms with Crippen LogP contribution in [-0.4, -0.2) is 9.55 Å². The molecule has 0 spiro atoms. The minimum absolute atomic E-state index is 0.0961. The third-order valence-corrected chi connectivity index (χ3v) is 3.70. The molecule has 0 saturated carbocycles. The van der Waals surface area contributed by atoms with Gasteiger partial charge in [0.25, 0.3) is 0 Å². The molecule has 1 heterocycles. The second-order valence-corrected chi connectivity index (χ2v) is 5.39. The molecule has 2 nitrogen and oxygen atoms in total. The standard InChI is InChI=1S/C14H8BrClF2N2/c15-8-2-1-3-9(6-8)20-12(7-16)19-11-5-4-10(17)13(18)14(11)20/h1-6H,7H2. The van der Waals surface area contributed by atoms with Gasteiger partial charge in [0.05, 0.1) is 11.4 Å². The Morgan fingerprint density at radius 2 is 2.00 bits per heavy atom. The highest BCUT2D eigenvalue weighted by atomic mass is 79.9. The van der Waals surface area contributed by atoms with Gasteiger partial charge in [-0.1, -0.05) is 22.0 Å². The summed E-state index contributed by atoms with van der Waals surface area (Å²) >= 11 is 9.23. The number of hydrogen-bond donors (Lipinski definition) is 0. The fourth-order valence-electron chi connectivity index (χ4n) is 2.13. The van der Waals surface area contributed by atoms with Crippen molar-refractivity contribution in [3.05, 3.63) is 58.3 Å². The average Bonchev–Trinajstić information content (AvgIpc) is 2.82. The van der Waals surface area contributed by atoms with Gasteiger partial charge in [0.2, 0.25) is 0 Å². The van der Waals surface area contributed by atoms with Crippen LogP contribution in [0.1, 0.15) is 5.82 Å². The van der Waals surface area contributed by atoms with Crippen LogP contribution < -0.4 is 0 Å². The highest BCUT2D eigenvalue weighted by Crippen LogP contribution is 2.27. The topological polar surface area (TPSA) is 17.8 Å². The lowest BCUT2D eigenvalue weighted by molar-refractivity contribution is 0.514. The summed E-state index contributed by atoms with van der Waals surface area (Å²) in [5.74, 6) is -1.27. The SMILES string of the molecule is Fc1ccc2nc(CCl)n(-c3cccc(Br)c3)c2c1F. The molecule has 20 heavy (non-hydrogen) atoms. The molecule has 2 aromatic carbocycles. The molecule has 0 aliphatic heterocycles. The van der Waals surface area contributed by atoms with E-state index in [1.54, 1.807) is 18.2 Å². The number of fused-ring (bicyclic) bond motifs is 1. The second-order valence-electron chi connectivity index (χ2n) is 4.21. The number of hydrogen-bond acceptors (Lipinski definition) is 1. The van der Waals surface area contributed by atoms with Gasteiger partial charge in [-0.3, -0.25) is 4.57 Å². The summed E-state index contributed by atoms with van der Waals surface area (Å²) in [5, 5.41) is 0. The number of imidazole rings is 1. The smallest absolute Gasteiger partial charge is 0.185 e. The molecule has 3 rings (SSSR count). The summed E-state index contributed by atoms with van der Waals surface area (Å²) in [6, 6.07) is 9.74. The lowest BCUT2D eigenvalue weighted by atomic mass is 10.2. The quantitative estimate of drug-likeness (QED) is 0.602. The zero-order valence-corrected chi connectivity index (χ0v) is 12.4. The lowest BCUT2D eigenvalue weighted by Gasteiger charge is -2.08. The summed E-state index contributed by atoms with van der Waals surface area (Å²) in [6.45, 7) is 0. The minimum atomic E-state index is -0.925. The maximum atomic E-state index is 14.1. The number of halogens is 4. The number of nitrogens with zero attached hydrogens (tertiary/aromatic N) is 2. The van der Waals surface area contributed by atoms with Gasteiger partial charge in [0, 0.05) is 10.2 Å². The fraction of sp³-hybridized carbons (Fsp3) is 0.0714. The van der Waals surface area contributed by atoms with Gasteiger partial charge >= 0.3 is 0 Å². The molecular weight excluding hydrogens is 350 g/mol. The maximum Gasteiger partial charge on any atom is 0.185 e. The molecule has 0 amide bonds. The van der Waals surface area contributed by atoms with Crippen molar-refractivity contribution in [1.29, 1.82) is 0 Å². The van der Waals surface area contributed by atoms with E-state index in [0.717, 1.165) is 10.5 Å². The van der Waals surface area contributed by atoms with Gasteiger partial charge in [-0.15, -0.1) is 11.6 Å². The van der Waals surface area contributed by atoms with Crippen molar-refractivity contribution < 1.29 is 8.78 Å². The largest absolute Gasteiger partial charge is 0.292 e. The summed E-state index contributed by atoms with van der Waals surface area (Å²) in [7, 11) is 0. The third kappa shape index (κ3) is 2.11. The van der Waals surface area contributed by atoms with Gasteiger partial charge in [-0.25, -0.2) is 13.8 Å². The van der Waals surface area contributed by atoms with Crippen LogP contribution in [0, 0.1) is 11.6 Å². The number of rotatable bonds is 2. The van der Waals surface area contributed by atoms with Crippen LogP contribution in [-0.2, 0) is 5.88 Å². The zero-order chi connectivity index (χ0) is 14.3. The van der Waals surface area contributed by atoms with Crippen LogP contribution >= 0.6 is 27.5 Å². The molecule has 0 atom stereocenters. The summed E-state index contributed by atoms with van der Waals surface area (Å²) < 4.78 is 29.9. The Bertz CT molecular complexity index is 801. The van der Waals surface area contributed by atoms with Crippen molar-refractivity contribution in [3.63, 3.8) is 0 Å². The Kier molecular flexibility index (Phi) is 3.48. The Hall–Kier alpha value is -1.46. The summed E-state index contributed by atoms with van der Waals surface area (Å²) in [6.07, 6.45) is 0. The fourth-order valence-corrected chi connectivity index (χ4v) is 2.70. The Labute approximate surface area is 127 Å². The predicted octanol–water partition coefficient (Wildman–Crippen LogP) is 4.81.